The fourth-order valence-corrected chi connectivity index (χ4v) is 3.64. The summed E-state index contributed by atoms with van der Waals surface area (Å²) in [7, 11) is 0. The van der Waals surface area contributed by atoms with E-state index in [4.69, 9.17) is 23.2 Å². The molecule has 0 atom stereocenters. The molecule has 0 unspecified atom stereocenters. The highest BCUT2D eigenvalue weighted by molar-refractivity contribution is 7.19. The molecule has 4 heterocycles. The van der Waals surface area contributed by atoms with E-state index in [9.17, 15) is 0 Å². The summed E-state index contributed by atoms with van der Waals surface area (Å²) in [6.45, 7) is 0. The number of rotatable bonds is 2. The Morgan fingerprint density at radius 1 is 1.00 bits per heavy atom. The van der Waals surface area contributed by atoms with E-state index in [1.54, 1.807) is 27.2 Å². The normalized spacial score (nSPS) is 11.6. The average molecular weight is 389 g/mol. The van der Waals surface area contributed by atoms with Gasteiger partial charge in [0.05, 0.1) is 5.02 Å². The lowest BCUT2D eigenvalue weighted by molar-refractivity contribution is 0.823. The molecule has 0 fully saturated rings. The summed E-state index contributed by atoms with van der Waals surface area (Å²) in [6.07, 6.45) is 1.81. The third kappa shape index (κ3) is 2.36. The Kier molecular flexibility index (Phi) is 3.20. The van der Waals surface area contributed by atoms with Gasteiger partial charge in [0, 0.05) is 22.3 Å². The largest absolute Gasteiger partial charge is 0.235 e. The van der Waals surface area contributed by atoms with Crippen LogP contribution in [0.5, 0.6) is 0 Å². The van der Waals surface area contributed by atoms with Crippen molar-refractivity contribution in [2.75, 3.05) is 0 Å². The van der Waals surface area contributed by atoms with Crippen molar-refractivity contribution in [3.63, 3.8) is 0 Å². The second-order valence-corrected chi connectivity index (χ2v) is 6.95. The van der Waals surface area contributed by atoms with Crippen molar-refractivity contribution in [2.24, 2.45) is 0 Å². The number of halogens is 2. The SMILES string of the molecule is Clc1ccc(Cl)c(-c2nnc3sc(-c4ccc5nnnn5c4)nn23)c1. The standard InChI is InChI=1S/C14H6Cl2N8S/c15-8-2-3-10(16)9(5-8)12-18-19-14-24(12)20-13(25-14)7-1-4-11-17-21-22-23(11)6-7/h1-6H. The van der Waals surface area contributed by atoms with Gasteiger partial charge in [-0.3, -0.25) is 0 Å². The quantitative estimate of drug-likeness (QED) is 0.461. The number of fused-ring (bicyclic) bond motifs is 2. The maximum Gasteiger partial charge on any atom is 0.235 e. The Balaban J connectivity index is 1.67. The number of aromatic nitrogens is 8. The molecule has 0 N–H and O–H groups in total. The lowest BCUT2D eigenvalue weighted by Gasteiger charge is -2.01. The second-order valence-electron chi connectivity index (χ2n) is 5.15. The lowest BCUT2D eigenvalue weighted by Crippen LogP contribution is -1.93. The van der Waals surface area contributed by atoms with Crippen molar-refractivity contribution in [3.8, 4) is 22.0 Å². The fourth-order valence-electron chi connectivity index (χ4n) is 2.44. The van der Waals surface area contributed by atoms with Crippen LogP contribution < -0.4 is 0 Å². The molecule has 5 aromatic rings. The number of benzene rings is 1. The summed E-state index contributed by atoms with van der Waals surface area (Å²) < 4.78 is 3.24. The van der Waals surface area contributed by atoms with Crippen LogP contribution in [0.2, 0.25) is 10.0 Å². The Hall–Kier alpha value is -2.62. The molecule has 11 heteroatoms. The van der Waals surface area contributed by atoms with E-state index >= 15 is 0 Å². The zero-order chi connectivity index (χ0) is 17.0. The van der Waals surface area contributed by atoms with Crippen LogP contribution in [-0.2, 0) is 0 Å². The molecule has 25 heavy (non-hydrogen) atoms. The summed E-state index contributed by atoms with van der Waals surface area (Å²) in [5.74, 6) is 0.536. The first kappa shape index (κ1) is 14.7. The van der Waals surface area contributed by atoms with Crippen LogP contribution in [0.3, 0.4) is 0 Å². The maximum atomic E-state index is 6.28. The van der Waals surface area contributed by atoms with E-state index in [2.05, 4.69) is 30.8 Å². The Bertz CT molecular complexity index is 1240. The van der Waals surface area contributed by atoms with Gasteiger partial charge in [-0.25, -0.2) is 0 Å². The topological polar surface area (TPSA) is 86.2 Å². The smallest absolute Gasteiger partial charge is 0.200 e. The van der Waals surface area contributed by atoms with Gasteiger partial charge in [0.15, 0.2) is 11.5 Å². The highest BCUT2D eigenvalue weighted by Crippen LogP contribution is 2.32. The Labute approximate surface area is 153 Å². The maximum absolute atomic E-state index is 6.28. The average Bonchev–Trinajstić information content (AvgIpc) is 3.30. The molecule has 1 aromatic carbocycles. The van der Waals surface area contributed by atoms with Gasteiger partial charge in [-0.1, -0.05) is 34.5 Å². The molecule has 0 saturated carbocycles. The lowest BCUT2D eigenvalue weighted by atomic mass is 10.2. The molecule has 4 aromatic heterocycles. The van der Waals surface area contributed by atoms with E-state index in [-0.39, 0.29) is 0 Å². The van der Waals surface area contributed by atoms with Gasteiger partial charge in [0.25, 0.3) is 0 Å². The van der Waals surface area contributed by atoms with Crippen LogP contribution in [0.1, 0.15) is 0 Å². The van der Waals surface area contributed by atoms with Crippen LogP contribution >= 0.6 is 34.5 Å². The van der Waals surface area contributed by atoms with Crippen molar-refractivity contribution in [3.05, 3.63) is 46.6 Å². The predicted molar refractivity (Wildman–Crippen MR) is 93.9 cm³/mol. The fraction of sp³-hybridized carbons (Fsp3) is 0. The van der Waals surface area contributed by atoms with Crippen LogP contribution in [0.25, 0.3) is 32.6 Å². The minimum Gasteiger partial charge on any atom is -0.200 e. The molecule has 0 saturated heterocycles. The minimum atomic E-state index is 0.531. The van der Waals surface area contributed by atoms with Gasteiger partial charge >= 0.3 is 0 Å². The molecule has 122 valence electrons. The zero-order valence-electron chi connectivity index (χ0n) is 12.2. The Morgan fingerprint density at radius 2 is 1.92 bits per heavy atom. The van der Waals surface area contributed by atoms with E-state index in [0.29, 0.717) is 32.0 Å². The van der Waals surface area contributed by atoms with Crippen molar-refractivity contribution in [2.45, 2.75) is 0 Å². The molecule has 0 spiro atoms. The summed E-state index contributed by atoms with van der Waals surface area (Å²) >= 11 is 13.8. The van der Waals surface area contributed by atoms with Crippen LogP contribution in [-0.4, -0.2) is 39.9 Å². The van der Waals surface area contributed by atoms with Crippen LogP contribution in [0.4, 0.5) is 0 Å². The van der Waals surface area contributed by atoms with Crippen LogP contribution in [0, 0.1) is 0 Å². The van der Waals surface area contributed by atoms with Gasteiger partial charge in [0.1, 0.15) is 5.01 Å². The van der Waals surface area contributed by atoms with Crippen LogP contribution in [0.15, 0.2) is 36.5 Å². The van der Waals surface area contributed by atoms with E-state index in [0.717, 1.165) is 10.6 Å². The second kappa shape index (κ2) is 5.45. The van der Waals surface area contributed by atoms with Crippen molar-refractivity contribution in [1.29, 1.82) is 0 Å². The third-order valence-corrected chi connectivity index (χ3v) is 5.11. The summed E-state index contributed by atoms with van der Waals surface area (Å²) in [5, 5.41) is 26.3. The highest BCUT2D eigenvalue weighted by Gasteiger charge is 2.17. The predicted octanol–water partition coefficient (Wildman–Crippen LogP) is 3.26. The highest BCUT2D eigenvalue weighted by atomic mass is 35.5. The van der Waals surface area contributed by atoms with Crippen molar-refractivity contribution >= 4 is 45.1 Å². The molecule has 0 aliphatic rings. The van der Waals surface area contributed by atoms with Gasteiger partial charge in [-0.2, -0.15) is 14.1 Å². The molecular weight excluding hydrogens is 383 g/mol. The van der Waals surface area contributed by atoms with Crippen molar-refractivity contribution < 1.29 is 0 Å². The molecule has 0 aliphatic carbocycles. The van der Waals surface area contributed by atoms with Gasteiger partial charge in [-0.05, 0) is 40.8 Å². The number of hydrogen-bond acceptors (Lipinski definition) is 7. The van der Waals surface area contributed by atoms with Gasteiger partial charge in [0.2, 0.25) is 4.96 Å². The number of tetrazole rings is 1. The first-order valence-electron chi connectivity index (χ1n) is 7.05. The summed E-state index contributed by atoms with van der Waals surface area (Å²) in [6, 6.07) is 8.92. The molecule has 0 amide bonds. The summed E-state index contributed by atoms with van der Waals surface area (Å²) in [5.41, 5.74) is 2.21. The van der Waals surface area contributed by atoms with E-state index < -0.39 is 0 Å². The summed E-state index contributed by atoms with van der Waals surface area (Å²) in [4.78, 5) is 0.651. The first-order chi connectivity index (χ1) is 12.2. The number of nitrogens with zero attached hydrogens (tertiary/aromatic N) is 8. The van der Waals surface area contributed by atoms with E-state index in [1.807, 2.05) is 18.3 Å². The third-order valence-electron chi connectivity index (χ3n) is 3.60. The Morgan fingerprint density at radius 3 is 2.84 bits per heavy atom. The number of hydrogen-bond donors (Lipinski definition) is 0. The van der Waals surface area contributed by atoms with Crippen molar-refractivity contribution in [1.82, 2.24) is 39.9 Å². The molecular formula is C14H6Cl2N8S. The monoisotopic (exact) mass is 388 g/mol. The molecule has 5 rings (SSSR count). The molecule has 0 aliphatic heterocycles. The minimum absolute atomic E-state index is 0.531. The zero-order valence-corrected chi connectivity index (χ0v) is 14.5. The van der Waals surface area contributed by atoms with Gasteiger partial charge in [-0.15, -0.1) is 15.3 Å². The molecule has 8 nitrogen and oxygen atoms in total. The first-order valence-corrected chi connectivity index (χ1v) is 8.62. The van der Waals surface area contributed by atoms with Gasteiger partial charge < -0.3 is 0 Å². The molecule has 0 bridgehead atoms. The van der Waals surface area contributed by atoms with E-state index in [1.165, 1.54) is 11.3 Å². The molecule has 0 radical (unpaired) electrons. The number of pyridine rings is 1.